The second kappa shape index (κ2) is 4.71. The van der Waals surface area contributed by atoms with Crippen molar-refractivity contribution in [3.05, 3.63) is 16.1 Å². The number of aromatic nitrogens is 1. The molecule has 1 aliphatic rings. The van der Waals surface area contributed by atoms with Crippen molar-refractivity contribution in [1.29, 1.82) is 0 Å². The van der Waals surface area contributed by atoms with Gasteiger partial charge in [0.05, 0.1) is 0 Å². The minimum atomic E-state index is -4.31. The normalized spacial score (nSPS) is 23.1. The predicted octanol–water partition coefficient (Wildman–Crippen LogP) is 3.37. The maximum atomic E-state index is 12.4. The molecule has 0 bridgehead atoms. The molecule has 0 aliphatic carbocycles. The summed E-state index contributed by atoms with van der Waals surface area (Å²) in [6.07, 6.45) is 1.26. The number of hydrogen-bond acceptors (Lipinski definition) is 3. The van der Waals surface area contributed by atoms with Crippen molar-refractivity contribution in [3.63, 3.8) is 0 Å². The zero-order valence-electron chi connectivity index (χ0n) is 8.68. The third kappa shape index (κ3) is 2.74. The van der Waals surface area contributed by atoms with Crippen molar-refractivity contribution >= 4 is 11.3 Å². The van der Waals surface area contributed by atoms with Crippen LogP contribution in [0.4, 0.5) is 13.2 Å². The third-order valence-electron chi connectivity index (χ3n) is 2.67. The SMILES string of the molecule is FC(F)(F)c1ncc(C2CCCCCN2)s1. The summed E-state index contributed by atoms with van der Waals surface area (Å²) in [6.45, 7) is 0.879. The van der Waals surface area contributed by atoms with E-state index in [1.165, 1.54) is 6.20 Å². The number of hydrogen-bond donors (Lipinski definition) is 1. The van der Waals surface area contributed by atoms with Gasteiger partial charge in [-0.2, -0.15) is 13.2 Å². The molecule has 1 aliphatic heterocycles. The maximum absolute atomic E-state index is 12.4. The largest absolute Gasteiger partial charge is 0.443 e. The lowest BCUT2D eigenvalue weighted by Gasteiger charge is -2.12. The minimum Gasteiger partial charge on any atom is -0.309 e. The molecule has 0 amide bonds. The maximum Gasteiger partial charge on any atom is 0.443 e. The lowest BCUT2D eigenvalue weighted by atomic mass is 10.1. The van der Waals surface area contributed by atoms with E-state index in [2.05, 4.69) is 10.3 Å². The highest BCUT2D eigenvalue weighted by atomic mass is 32.1. The number of nitrogens with zero attached hydrogens (tertiary/aromatic N) is 1. The van der Waals surface area contributed by atoms with Gasteiger partial charge < -0.3 is 5.32 Å². The first-order chi connectivity index (χ1) is 7.57. The van der Waals surface area contributed by atoms with Crippen molar-refractivity contribution in [2.24, 2.45) is 0 Å². The van der Waals surface area contributed by atoms with Gasteiger partial charge in [-0.15, -0.1) is 11.3 Å². The molecule has 0 spiro atoms. The Labute approximate surface area is 95.9 Å². The van der Waals surface area contributed by atoms with Crippen molar-refractivity contribution in [2.75, 3.05) is 6.54 Å². The molecule has 1 saturated heterocycles. The second-order valence-corrected chi connectivity index (χ2v) is 4.98. The van der Waals surface area contributed by atoms with Crippen molar-refractivity contribution < 1.29 is 13.2 Å². The van der Waals surface area contributed by atoms with Crippen LogP contribution in [0, 0.1) is 0 Å². The molecule has 90 valence electrons. The fourth-order valence-corrected chi connectivity index (χ4v) is 2.74. The third-order valence-corrected chi connectivity index (χ3v) is 3.83. The molecule has 0 saturated carbocycles. The molecule has 0 radical (unpaired) electrons. The Morgan fingerprint density at radius 1 is 1.31 bits per heavy atom. The topological polar surface area (TPSA) is 24.9 Å². The molecule has 16 heavy (non-hydrogen) atoms. The number of thiazole rings is 1. The Balaban J connectivity index is 2.11. The van der Waals surface area contributed by atoms with Gasteiger partial charge in [0, 0.05) is 17.1 Å². The van der Waals surface area contributed by atoms with Gasteiger partial charge in [-0.3, -0.25) is 0 Å². The fraction of sp³-hybridized carbons (Fsp3) is 0.700. The molecule has 0 aromatic carbocycles. The van der Waals surface area contributed by atoms with Crippen LogP contribution in [0.15, 0.2) is 6.20 Å². The molecule has 1 fully saturated rings. The van der Waals surface area contributed by atoms with Crippen LogP contribution in [0.25, 0.3) is 0 Å². The molecule has 1 atom stereocenters. The molecule has 1 unspecified atom stereocenters. The summed E-state index contributed by atoms with van der Waals surface area (Å²) < 4.78 is 37.1. The average Bonchev–Trinajstić information content (AvgIpc) is 2.55. The summed E-state index contributed by atoms with van der Waals surface area (Å²) >= 11 is 0.757. The first kappa shape index (κ1) is 11.9. The van der Waals surface area contributed by atoms with Crippen LogP contribution in [0.3, 0.4) is 0 Å². The zero-order chi connectivity index (χ0) is 11.6. The van der Waals surface area contributed by atoms with E-state index < -0.39 is 11.2 Å². The summed E-state index contributed by atoms with van der Waals surface area (Å²) in [7, 11) is 0. The Morgan fingerprint density at radius 3 is 2.81 bits per heavy atom. The number of rotatable bonds is 1. The highest BCUT2D eigenvalue weighted by Crippen LogP contribution is 2.35. The zero-order valence-corrected chi connectivity index (χ0v) is 9.50. The highest BCUT2D eigenvalue weighted by Gasteiger charge is 2.35. The van der Waals surface area contributed by atoms with Gasteiger partial charge in [-0.05, 0) is 19.4 Å². The van der Waals surface area contributed by atoms with Crippen LogP contribution in [0.1, 0.15) is 41.6 Å². The van der Waals surface area contributed by atoms with Gasteiger partial charge >= 0.3 is 6.18 Å². The molecule has 6 heteroatoms. The average molecular weight is 250 g/mol. The Bertz CT molecular complexity index is 340. The Morgan fingerprint density at radius 2 is 2.12 bits per heavy atom. The summed E-state index contributed by atoms with van der Waals surface area (Å²) in [5.41, 5.74) is 0. The molecule has 2 heterocycles. The van der Waals surface area contributed by atoms with Crippen LogP contribution in [-0.4, -0.2) is 11.5 Å². The van der Waals surface area contributed by atoms with Crippen molar-refractivity contribution in [2.45, 2.75) is 37.9 Å². The smallest absolute Gasteiger partial charge is 0.309 e. The Kier molecular flexibility index (Phi) is 3.49. The van der Waals surface area contributed by atoms with Gasteiger partial charge in [-0.1, -0.05) is 12.8 Å². The van der Waals surface area contributed by atoms with E-state index in [-0.39, 0.29) is 6.04 Å². The van der Waals surface area contributed by atoms with E-state index in [0.717, 1.165) is 43.6 Å². The lowest BCUT2D eigenvalue weighted by molar-refractivity contribution is -0.137. The van der Waals surface area contributed by atoms with Crippen LogP contribution >= 0.6 is 11.3 Å². The van der Waals surface area contributed by atoms with Gasteiger partial charge in [0.1, 0.15) is 0 Å². The molecule has 1 aromatic rings. The van der Waals surface area contributed by atoms with Gasteiger partial charge in [0.2, 0.25) is 0 Å². The first-order valence-electron chi connectivity index (χ1n) is 5.33. The summed E-state index contributed by atoms with van der Waals surface area (Å²) in [5.74, 6) is 0. The van der Waals surface area contributed by atoms with E-state index in [9.17, 15) is 13.2 Å². The molecule has 2 rings (SSSR count). The summed E-state index contributed by atoms with van der Waals surface area (Å²) in [4.78, 5) is 4.15. The number of halogens is 3. The molecular formula is C10H13F3N2S. The molecule has 1 N–H and O–H groups in total. The summed E-state index contributed by atoms with van der Waals surface area (Å²) in [6, 6.07) is 0.0519. The highest BCUT2D eigenvalue weighted by molar-refractivity contribution is 7.11. The molecule has 2 nitrogen and oxygen atoms in total. The van der Waals surface area contributed by atoms with E-state index in [1.807, 2.05) is 0 Å². The minimum absolute atomic E-state index is 0.0519. The summed E-state index contributed by atoms with van der Waals surface area (Å²) in [5, 5.41) is 2.52. The van der Waals surface area contributed by atoms with E-state index in [4.69, 9.17) is 0 Å². The molecule has 1 aromatic heterocycles. The lowest BCUT2D eigenvalue weighted by Crippen LogP contribution is -2.19. The van der Waals surface area contributed by atoms with Gasteiger partial charge in [-0.25, -0.2) is 4.98 Å². The van der Waals surface area contributed by atoms with E-state index >= 15 is 0 Å². The van der Waals surface area contributed by atoms with Crippen LogP contribution in [-0.2, 0) is 6.18 Å². The van der Waals surface area contributed by atoms with Crippen LogP contribution in [0.5, 0.6) is 0 Å². The molecular weight excluding hydrogens is 237 g/mol. The van der Waals surface area contributed by atoms with Crippen molar-refractivity contribution in [3.8, 4) is 0 Å². The number of nitrogens with one attached hydrogen (secondary N) is 1. The van der Waals surface area contributed by atoms with E-state index in [0.29, 0.717) is 4.88 Å². The standard InChI is InChI=1S/C10H13F3N2S/c11-10(12,13)9-15-6-8(16-9)7-4-2-1-3-5-14-7/h6-7,14H,1-5H2. The van der Waals surface area contributed by atoms with Gasteiger partial charge in [0.25, 0.3) is 0 Å². The van der Waals surface area contributed by atoms with Crippen molar-refractivity contribution in [1.82, 2.24) is 10.3 Å². The first-order valence-corrected chi connectivity index (χ1v) is 6.15. The predicted molar refractivity (Wildman–Crippen MR) is 56.3 cm³/mol. The van der Waals surface area contributed by atoms with E-state index in [1.54, 1.807) is 0 Å². The second-order valence-electron chi connectivity index (χ2n) is 3.92. The van der Waals surface area contributed by atoms with Gasteiger partial charge in [0.15, 0.2) is 5.01 Å². The quantitative estimate of drug-likeness (QED) is 0.826. The van der Waals surface area contributed by atoms with Crippen LogP contribution < -0.4 is 5.32 Å². The van der Waals surface area contributed by atoms with Crippen LogP contribution in [0.2, 0.25) is 0 Å². The Hall–Kier alpha value is -0.620. The fourth-order valence-electron chi connectivity index (χ4n) is 1.85. The monoisotopic (exact) mass is 250 g/mol. The number of alkyl halides is 3.